The van der Waals surface area contributed by atoms with Crippen LogP contribution in [0.1, 0.15) is 40.6 Å². The molecule has 31 heavy (non-hydrogen) atoms. The van der Waals surface area contributed by atoms with Gasteiger partial charge in [0.05, 0.1) is 12.8 Å². The Morgan fingerprint density at radius 3 is 2.23 bits per heavy atom. The molecule has 1 atom stereocenters. The smallest absolute Gasteiger partial charge is 0.252 e. The Kier molecular flexibility index (Phi) is 5.53. The zero-order valence-electron chi connectivity index (χ0n) is 17.2. The molecule has 8 nitrogen and oxygen atoms in total. The number of benzene rings is 2. The molecule has 3 aromatic rings. The number of imidazole rings is 1. The summed E-state index contributed by atoms with van der Waals surface area (Å²) < 4.78 is 7.07. The number of methoxy groups -OCH3 is 1. The van der Waals surface area contributed by atoms with Crippen molar-refractivity contribution in [2.24, 2.45) is 7.05 Å². The van der Waals surface area contributed by atoms with Crippen LogP contribution in [-0.4, -0.2) is 34.4 Å². The molecule has 158 valence electrons. The van der Waals surface area contributed by atoms with Crippen LogP contribution in [-0.2, 0) is 16.6 Å². The van der Waals surface area contributed by atoms with Gasteiger partial charge in [-0.3, -0.25) is 19.3 Å². The number of hydrogen-bond acceptors (Lipinski definition) is 5. The van der Waals surface area contributed by atoms with Gasteiger partial charge in [-0.1, -0.05) is 12.1 Å². The Morgan fingerprint density at radius 2 is 1.68 bits per heavy atom. The van der Waals surface area contributed by atoms with Gasteiger partial charge in [-0.2, -0.15) is 0 Å². The van der Waals surface area contributed by atoms with Crippen LogP contribution >= 0.6 is 0 Å². The molecule has 3 amide bonds. The summed E-state index contributed by atoms with van der Waals surface area (Å²) in [6.07, 6.45) is 3.93. The number of carbonyl (C=O) groups excluding carboxylic acids is 3. The second-order valence-electron chi connectivity index (χ2n) is 7.25. The van der Waals surface area contributed by atoms with Crippen LogP contribution in [0.15, 0.2) is 60.9 Å². The van der Waals surface area contributed by atoms with Crippen molar-refractivity contribution in [3.8, 4) is 5.75 Å². The lowest BCUT2D eigenvalue weighted by atomic mass is 10.0. The fourth-order valence-electron chi connectivity index (χ4n) is 3.59. The Bertz CT molecular complexity index is 1100. The first-order chi connectivity index (χ1) is 15.0. The average Bonchev–Trinajstić information content (AvgIpc) is 3.36. The van der Waals surface area contributed by atoms with Gasteiger partial charge >= 0.3 is 0 Å². The molecule has 1 unspecified atom stereocenters. The van der Waals surface area contributed by atoms with Crippen LogP contribution in [0, 0.1) is 0 Å². The number of ether oxygens (including phenoxy) is 1. The standard InChI is InChI=1S/C23H22N4O4/c1-26-14-13-24-22(26)21(15-5-9-18(31-2)10-6-15)25-23(30)16-3-7-17(8-4-16)27-19(28)11-12-20(27)29/h3-10,13-14,21H,11-12H2,1-2H3,(H,25,30). The van der Waals surface area contributed by atoms with E-state index in [9.17, 15) is 14.4 Å². The topological polar surface area (TPSA) is 93.5 Å². The number of amides is 3. The molecule has 0 spiro atoms. The maximum Gasteiger partial charge on any atom is 0.252 e. The van der Waals surface area contributed by atoms with Crippen LogP contribution in [0.5, 0.6) is 5.75 Å². The molecular weight excluding hydrogens is 396 g/mol. The van der Waals surface area contributed by atoms with Gasteiger partial charge in [-0.25, -0.2) is 4.98 Å². The predicted octanol–water partition coefficient (Wildman–Crippen LogP) is 2.60. The van der Waals surface area contributed by atoms with E-state index in [2.05, 4.69) is 10.3 Å². The molecular formula is C23H22N4O4. The van der Waals surface area contributed by atoms with Crippen molar-refractivity contribution >= 4 is 23.4 Å². The zero-order chi connectivity index (χ0) is 22.0. The lowest BCUT2D eigenvalue weighted by Gasteiger charge is -2.20. The van der Waals surface area contributed by atoms with Crippen LogP contribution in [0.2, 0.25) is 0 Å². The molecule has 1 aliphatic heterocycles. The van der Waals surface area contributed by atoms with Crippen molar-refractivity contribution in [3.05, 3.63) is 77.9 Å². The number of imide groups is 1. The van der Waals surface area contributed by atoms with Crippen molar-refractivity contribution < 1.29 is 19.1 Å². The Morgan fingerprint density at radius 1 is 1.03 bits per heavy atom. The number of carbonyl (C=O) groups is 3. The largest absolute Gasteiger partial charge is 0.497 e. The number of hydrogen-bond donors (Lipinski definition) is 1. The summed E-state index contributed by atoms with van der Waals surface area (Å²) >= 11 is 0. The van der Waals surface area contributed by atoms with E-state index in [1.54, 1.807) is 37.6 Å². The number of aryl methyl sites for hydroxylation is 1. The molecule has 1 saturated heterocycles. The molecule has 2 heterocycles. The van der Waals surface area contributed by atoms with Gasteiger partial charge < -0.3 is 14.6 Å². The van der Waals surface area contributed by atoms with Gasteiger partial charge in [0.25, 0.3) is 5.91 Å². The van der Waals surface area contributed by atoms with Crippen molar-refractivity contribution in [2.75, 3.05) is 12.0 Å². The second-order valence-corrected chi connectivity index (χ2v) is 7.25. The van der Waals surface area contributed by atoms with Crippen molar-refractivity contribution in [1.29, 1.82) is 0 Å². The third-order valence-corrected chi connectivity index (χ3v) is 5.28. The fourth-order valence-corrected chi connectivity index (χ4v) is 3.59. The summed E-state index contributed by atoms with van der Waals surface area (Å²) in [5.74, 6) is 0.654. The summed E-state index contributed by atoms with van der Waals surface area (Å²) in [4.78, 5) is 42.4. The van der Waals surface area contributed by atoms with Gasteiger partial charge in [0, 0.05) is 37.8 Å². The molecule has 4 rings (SSSR count). The van der Waals surface area contributed by atoms with Gasteiger partial charge in [0.15, 0.2) is 0 Å². The number of nitrogens with zero attached hydrogens (tertiary/aromatic N) is 3. The van der Waals surface area contributed by atoms with E-state index in [1.807, 2.05) is 42.1 Å². The predicted molar refractivity (Wildman–Crippen MR) is 114 cm³/mol. The van der Waals surface area contributed by atoms with E-state index in [0.29, 0.717) is 17.1 Å². The molecule has 2 aromatic carbocycles. The number of aromatic nitrogens is 2. The first-order valence-corrected chi connectivity index (χ1v) is 9.86. The minimum absolute atomic E-state index is 0.217. The van der Waals surface area contributed by atoms with Gasteiger partial charge in [-0.05, 0) is 42.0 Å². The summed E-state index contributed by atoms with van der Waals surface area (Å²) in [7, 11) is 3.46. The molecule has 1 aromatic heterocycles. The van der Waals surface area contributed by atoms with E-state index >= 15 is 0 Å². The SMILES string of the molecule is COc1ccc(C(NC(=O)c2ccc(N3C(=O)CCC3=O)cc2)c2nccn2C)cc1. The molecule has 1 aliphatic rings. The molecule has 0 aliphatic carbocycles. The van der Waals surface area contributed by atoms with Gasteiger partial charge in [-0.15, -0.1) is 0 Å². The van der Waals surface area contributed by atoms with Crippen LogP contribution < -0.4 is 15.0 Å². The van der Waals surface area contributed by atoms with E-state index in [-0.39, 0.29) is 30.6 Å². The van der Waals surface area contributed by atoms with E-state index in [4.69, 9.17) is 4.74 Å². The maximum atomic E-state index is 13.0. The summed E-state index contributed by atoms with van der Waals surface area (Å²) in [6, 6.07) is 13.4. The minimum Gasteiger partial charge on any atom is -0.497 e. The Hall–Kier alpha value is -3.94. The summed E-state index contributed by atoms with van der Waals surface area (Å²) in [5, 5.41) is 3.03. The van der Waals surface area contributed by atoms with Crippen LogP contribution in [0.25, 0.3) is 0 Å². The average molecular weight is 418 g/mol. The summed E-state index contributed by atoms with van der Waals surface area (Å²) in [5.41, 5.74) is 1.74. The fraction of sp³-hybridized carbons (Fsp3) is 0.217. The Balaban J connectivity index is 1.58. The zero-order valence-corrected chi connectivity index (χ0v) is 17.2. The molecule has 1 fully saturated rings. The molecule has 0 radical (unpaired) electrons. The van der Waals surface area contributed by atoms with Crippen molar-refractivity contribution in [1.82, 2.24) is 14.9 Å². The first kappa shape index (κ1) is 20.3. The highest BCUT2D eigenvalue weighted by molar-refractivity contribution is 6.19. The number of rotatable bonds is 6. The third-order valence-electron chi connectivity index (χ3n) is 5.28. The highest BCUT2D eigenvalue weighted by atomic mass is 16.5. The molecule has 8 heteroatoms. The number of nitrogens with one attached hydrogen (secondary N) is 1. The lowest BCUT2D eigenvalue weighted by molar-refractivity contribution is -0.121. The molecule has 0 bridgehead atoms. The van der Waals surface area contributed by atoms with Gasteiger partial charge in [0.1, 0.15) is 17.6 Å². The third kappa shape index (κ3) is 4.05. The summed E-state index contributed by atoms with van der Waals surface area (Å²) in [6.45, 7) is 0. The van der Waals surface area contributed by atoms with Crippen molar-refractivity contribution in [2.45, 2.75) is 18.9 Å². The van der Waals surface area contributed by atoms with Crippen LogP contribution in [0.4, 0.5) is 5.69 Å². The normalized spacial score (nSPS) is 14.6. The molecule has 1 N–H and O–H groups in total. The Labute approximate surface area is 179 Å². The number of anilines is 1. The quantitative estimate of drug-likeness (QED) is 0.621. The second kappa shape index (κ2) is 8.43. The van der Waals surface area contributed by atoms with E-state index in [0.717, 1.165) is 16.2 Å². The van der Waals surface area contributed by atoms with Gasteiger partial charge in [0.2, 0.25) is 11.8 Å². The minimum atomic E-state index is -0.472. The highest BCUT2D eigenvalue weighted by Crippen LogP contribution is 2.25. The molecule has 0 saturated carbocycles. The monoisotopic (exact) mass is 418 g/mol. The maximum absolute atomic E-state index is 13.0. The highest BCUT2D eigenvalue weighted by Gasteiger charge is 2.30. The lowest BCUT2D eigenvalue weighted by Crippen LogP contribution is -2.31. The van der Waals surface area contributed by atoms with E-state index in [1.165, 1.54) is 0 Å². The van der Waals surface area contributed by atoms with Crippen molar-refractivity contribution in [3.63, 3.8) is 0 Å². The van der Waals surface area contributed by atoms with E-state index < -0.39 is 6.04 Å². The van der Waals surface area contributed by atoms with Crippen LogP contribution in [0.3, 0.4) is 0 Å². The first-order valence-electron chi connectivity index (χ1n) is 9.86.